The SMILES string of the molecule is C[C@@H]1C(=O)Nc2ccc(-c3csc(-c4ccccn4)n3)cc21. The van der Waals surface area contributed by atoms with E-state index in [4.69, 9.17) is 0 Å². The van der Waals surface area contributed by atoms with Crippen molar-refractivity contribution >= 4 is 22.9 Å². The lowest BCUT2D eigenvalue weighted by molar-refractivity contribution is -0.116. The van der Waals surface area contributed by atoms with Gasteiger partial charge >= 0.3 is 0 Å². The predicted molar refractivity (Wildman–Crippen MR) is 87.8 cm³/mol. The van der Waals surface area contributed by atoms with Crippen LogP contribution in [0.1, 0.15) is 18.4 Å². The third kappa shape index (κ3) is 2.10. The molecule has 0 saturated heterocycles. The Morgan fingerprint density at radius 2 is 2.09 bits per heavy atom. The maximum atomic E-state index is 11.7. The number of amides is 1. The lowest BCUT2D eigenvalue weighted by atomic mass is 10.00. The summed E-state index contributed by atoms with van der Waals surface area (Å²) in [6.07, 6.45) is 1.77. The molecule has 108 valence electrons. The highest BCUT2D eigenvalue weighted by atomic mass is 32.1. The van der Waals surface area contributed by atoms with Gasteiger partial charge in [0.1, 0.15) is 5.01 Å². The van der Waals surface area contributed by atoms with E-state index in [0.29, 0.717) is 0 Å². The Hall–Kier alpha value is -2.53. The van der Waals surface area contributed by atoms with Crippen molar-refractivity contribution in [1.29, 1.82) is 0 Å². The minimum atomic E-state index is -0.108. The Labute approximate surface area is 131 Å². The number of anilines is 1. The molecule has 1 aliphatic rings. The summed E-state index contributed by atoms with van der Waals surface area (Å²) in [5.74, 6) is -0.0524. The molecule has 0 unspecified atom stereocenters. The van der Waals surface area contributed by atoms with Gasteiger partial charge in [-0.15, -0.1) is 11.3 Å². The van der Waals surface area contributed by atoms with E-state index in [-0.39, 0.29) is 11.8 Å². The summed E-state index contributed by atoms with van der Waals surface area (Å²) in [6.45, 7) is 1.92. The number of carbonyl (C=O) groups excluding carboxylic acids is 1. The van der Waals surface area contributed by atoms with Crippen LogP contribution in [0.5, 0.6) is 0 Å². The van der Waals surface area contributed by atoms with Crippen LogP contribution in [0.15, 0.2) is 48.0 Å². The van der Waals surface area contributed by atoms with Gasteiger partial charge in [0, 0.05) is 22.8 Å². The van der Waals surface area contributed by atoms with Gasteiger partial charge in [0.05, 0.1) is 17.3 Å². The first-order chi connectivity index (χ1) is 10.7. The van der Waals surface area contributed by atoms with Gasteiger partial charge in [-0.05, 0) is 36.8 Å². The van der Waals surface area contributed by atoms with Gasteiger partial charge in [-0.3, -0.25) is 9.78 Å². The molecule has 1 N–H and O–H groups in total. The van der Waals surface area contributed by atoms with E-state index in [2.05, 4.69) is 21.4 Å². The fourth-order valence-corrected chi connectivity index (χ4v) is 3.39. The van der Waals surface area contributed by atoms with Crippen LogP contribution < -0.4 is 5.32 Å². The monoisotopic (exact) mass is 307 g/mol. The number of nitrogens with zero attached hydrogens (tertiary/aromatic N) is 2. The normalized spacial score (nSPS) is 16.4. The minimum Gasteiger partial charge on any atom is -0.325 e. The van der Waals surface area contributed by atoms with Gasteiger partial charge in [0.15, 0.2) is 0 Å². The number of hydrogen-bond acceptors (Lipinski definition) is 4. The molecule has 1 atom stereocenters. The molecule has 0 radical (unpaired) electrons. The van der Waals surface area contributed by atoms with Crippen molar-refractivity contribution in [2.45, 2.75) is 12.8 Å². The number of thiazole rings is 1. The fourth-order valence-electron chi connectivity index (χ4n) is 2.59. The summed E-state index contributed by atoms with van der Waals surface area (Å²) >= 11 is 1.58. The van der Waals surface area contributed by atoms with Crippen LogP contribution in [0.25, 0.3) is 22.0 Å². The van der Waals surface area contributed by atoms with Crippen molar-refractivity contribution < 1.29 is 4.79 Å². The van der Waals surface area contributed by atoms with Crippen molar-refractivity contribution in [3.63, 3.8) is 0 Å². The first-order valence-electron chi connectivity index (χ1n) is 7.04. The predicted octanol–water partition coefficient (Wildman–Crippen LogP) is 3.93. The highest BCUT2D eigenvalue weighted by molar-refractivity contribution is 7.13. The summed E-state index contributed by atoms with van der Waals surface area (Å²) in [6, 6.07) is 11.8. The Morgan fingerprint density at radius 1 is 1.18 bits per heavy atom. The van der Waals surface area contributed by atoms with Crippen molar-refractivity contribution in [1.82, 2.24) is 9.97 Å². The smallest absolute Gasteiger partial charge is 0.231 e. The van der Waals surface area contributed by atoms with E-state index >= 15 is 0 Å². The molecule has 1 aliphatic heterocycles. The van der Waals surface area contributed by atoms with Crippen LogP contribution in [0.3, 0.4) is 0 Å². The van der Waals surface area contributed by atoms with Crippen LogP contribution in [-0.2, 0) is 4.79 Å². The minimum absolute atomic E-state index is 0.0552. The van der Waals surface area contributed by atoms with E-state index in [1.165, 1.54) is 0 Å². The molecule has 5 heteroatoms. The second-order valence-electron chi connectivity index (χ2n) is 5.27. The maximum absolute atomic E-state index is 11.7. The van der Waals surface area contributed by atoms with E-state index in [0.717, 1.165) is 33.2 Å². The molecule has 0 saturated carbocycles. The van der Waals surface area contributed by atoms with Crippen LogP contribution >= 0.6 is 11.3 Å². The first-order valence-corrected chi connectivity index (χ1v) is 7.92. The van der Waals surface area contributed by atoms with Crippen molar-refractivity contribution in [2.75, 3.05) is 5.32 Å². The molecule has 22 heavy (non-hydrogen) atoms. The molecular formula is C17H13N3OS. The molecule has 3 heterocycles. The molecule has 2 aromatic heterocycles. The summed E-state index contributed by atoms with van der Waals surface area (Å²) in [7, 11) is 0. The lowest BCUT2D eigenvalue weighted by Crippen LogP contribution is -2.08. The maximum Gasteiger partial charge on any atom is 0.231 e. The molecule has 1 amide bonds. The second kappa shape index (κ2) is 5.03. The first kappa shape index (κ1) is 13.2. The number of pyridine rings is 1. The second-order valence-corrected chi connectivity index (χ2v) is 6.12. The largest absolute Gasteiger partial charge is 0.325 e. The quantitative estimate of drug-likeness (QED) is 0.780. The molecule has 0 spiro atoms. The van der Waals surface area contributed by atoms with Gasteiger partial charge in [-0.25, -0.2) is 4.98 Å². The van der Waals surface area contributed by atoms with Gasteiger partial charge in [-0.1, -0.05) is 12.1 Å². The summed E-state index contributed by atoms with van der Waals surface area (Å²) in [5, 5.41) is 5.82. The average Bonchev–Trinajstić information content (AvgIpc) is 3.14. The number of rotatable bonds is 2. The molecule has 1 aromatic carbocycles. The topological polar surface area (TPSA) is 54.9 Å². The van der Waals surface area contributed by atoms with Crippen LogP contribution in [0.4, 0.5) is 5.69 Å². The third-order valence-corrected chi connectivity index (χ3v) is 4.72. The highest BCUT2D eigenvalue weighted by Crippen LogP contribution is 2.36. The van der Waals surface area contributed by atoms with E-state index in [1.54, 1.807) is 17.5 Å². The average molecular weight is 307 g/mol. The molecule has 0 bridgehead atoms. The van der Waals surface area contributed by atoms with Gasteiger partial charge in [-0.2, -0.15) is 0 Å². The Morgan fingerprint density at radius 3 is 2.91 bits per heavy atom. The number of carbonyl (C=O) groups is 1. The number of fused-ring (bicyclic) bond motifs is 1. The van der Waals surface area contributed by atoms with Gasteiger partial charge in [0.25, 0.3) is 0 Å². The summed E-state index contributed by atoms with van der Waals surface area (Å²) in [5.41, 5.74) is 4.77. The van der Waals surface area contributed by atoms with Crippen LogP contribution in [-0.4, -0.2) is 15.9 Å². The van der Waals surface area contributed by atoms with E-state index < -0.39 is 0 Å². The lowest BCUT2D eigenvalue weighted by Gasteiger charge is -2.03. The third-order valence-electron chi connectivity index (χ3n) is 3.85. The number of benzene rings is 1. The summed E-state index contributed by atoms with van der Waals surface area (Å²) < 4.78 is 0. The Balaban J connectivity index is 1.72. The molecule has 0 fully saturated rings. The molecule has 3 aromatic rings. The zero-order valence-electron chi connectivity index (χ0n) is 11.9. The van der Waals surface area contributed by atoms with Crippen molar-refractivity contribution in [2.24, 2.45) is 0 Å². The Kier molecular flexibility index (Phi) is 3.01. The molecular weight excluding hydrogens is 294 g/mol. The Bertz CT molecular complexity index is 857. The van der Waals surface area contributed by atoms with E-state index in [1.807, 2.05) is 42.6 Å². The fraction of sp³-hybridized carbons (Fsp3) is 0.118. The van der Waals surface area contributed by atoms with Crippen LogP contribution in [0, 0.1) is 0 Å². The van der Waals surface area contributed by atoms with Gasteiger partial charge in [0.2, 0.25) is 5.91 Å². The number of aromatic nitrogens is 2. The zero-order valence-corrected chi connectivity index (χ0v) is 12.7. The van der Waals surface area contributed by atoms with Crippen molar-refractivity contribution in [3.05, 3.63) is 53.5 Å². The highest BCUT2D eigenvalue weighted by Gasteiger charge is 2.26. The number of nitrogens with one attached hydrogen (secondary N) is 1. The zero-order chi connectivity index (χ0) is 15.1. The number of hydrogen-bond donors (Lipinski definition) is 1. The molecule has 4 nitrogen and oxygen atoms in total. The standard InChI is InChI=1S/C17H13N3OS/c1-10-12-8-11(5-6-13(12)19-16(10)21)15-9-22-17(20-15)14-4-2-3-7-18-14/h2-10H,1H3,(H,19,21)/t10-/m0/s1. The molecule has 0 aliphatic carbocycles. The van der Waals surface area contributed by atoms with Gasteiger partial charge < -0.3 is 5.32 Å². The van der Waals surface area contributed by atoms with Crippen molar-refractivity contribution in [3.8, 4) is 22.0 Å². The summed E-state index contributed by atoms with van der Waals surface area (Å²) in [4.78, 5) is 20.7. The van der Waals surface area contributed by atoms with E-state index in [9.17, 15) is 4.79 Å². The van der Waals surface area contributed by atoms with Crippen LogP contribution in [0.2, 0.25) is 0 Å². The molecule has 4 rings (SSSR count).